The van der Waals surface area contributed by atoms with E-state index in [9.17, 15) is 0 Å². The van der Waals surface area contributed by atoms with Crippen molar-refractivity contribution in [3.05, 3.63) is 0 Å². The molecule has 1 saturated heterocycles. The van der Waals surface area contributed by atoms with Gasteiger partial charge in [-0.1, -0.05) is 0 Å². The molecule has 1 aliphatic heterocycles. The first-order chi connectivity index (χ1) is 5.08. The third-order valence-corrected chi connectivity index (χ3v) is 3.43. The van der Waals surface area contributed by atoms with Crippen molar-refractivity contribution < 1.29 is 0 Å². The van der Waals surface area contributed by atoms with Gasteiger partial charge in [0.1, 0.15) is 0 Å². The van der Waals surface area contributed by atoms with E-state index in [2.05, 4.69) is 15.4 Å². The predicted molar refractivity (Wildman–Crippen MR) is 54.8 cm³/mol. The summed E-state index contributed by atoms with van der Waals surface area (Å²) in [5.74, 6) is 0.548. The third-order valence-electron chi connectivity index (χ3n) is 1.17. The number of hydrogen-bond acceptors (Lipinski definition) is 3. The van der Waals surface area contributed by atoms with E-state index in [0.29, 0.717) is 5.94 Å². The van der Waals surface area contributed by atoms with Crippen LogP contribution in [0.1, 0.15) is 0 Å². The molecular formula is CH5B3Cl3N3Si. The van der Waals surface area contributed by atoms with E-state index in [1.165, 1.54) is 0 Å². The van der Waals surface area contributed by atoms with Gasteiger partial charge in [-0.05, 0) is 5.94 Å². The average molecular weight is 226 g/mol. The summed E-state index contributed by atoms with van der Waals surface area (Å²) in [7, 11) is 3.40. The quantitative estimate of drug-likeness (QED) is 0.439. The molecule has 10 heteroatoms. The molecule has 0 amide bonds. The van der Waals surface area contributed by atoms with Crippen LogP contribution in [0.5, 0.6) is 0 Å². The van der Waals surface area contributed by atoms with Crippen LogP contribution in [0, 0.1) is 0 Å². The van der Waals surface area contributed by atoms with E-state index in [4.69, 9.17) is 33.2 Å². The molecule has 1 aliphatic rings. The molecule has 0 unspecified atom stereocenters. The van der Waals surface area contributed by atoms with Gasteiger partial charge < -0.3 is 15.4 Å². The van der Waals surface area contributed by atoms with Crippen LogP contribution in [0.25, 0.3) is 0 Å². The summed E-state index contributed by atoms with van der Waals surface area (Å²) in [6, 6.07) is -2.52. The Morgan fingerprint density at radius 1 is 1.18 bits per heavy atom. The molecule has 0 aromatic carbocycles. The van der Waals surface area contributed by atoms with Crippen molar-refractivity contribution >= 4 is 61.3 Å². The van der Waals surface area contributed by atoms with E-state index < -0.39 is 6.00 Å². The molecule has 3 nitrogen and oxygen atoms in total. The molecule has 0 aromatic rings. The molecule has 1 heterocycles. The van der Waals surface area contributed by atoms with Crippen LogP contribution >= 0.6 is 33.2 Å². The number of hydrogen-bond donors (Lipinski definition) is 3. The smallest absolute Gasteiger partial charge is 0.337 e. The van der Waals surface area contributed by atoms with Crippen molar-refractivity contribution in [2.75, 3.05) is 0 Å². The van der Waals surface area contributed by atoms with Gasteiger partial charge in [-0.15, -0.1) is 33.2 Å². The Morgan fingerprint density at radius 3 is 2.18 bits per heavy atom. The molecule has 1 fully saturated rings. The molecule has 3 N–H and O–H groups in total. The standard InChI is InChI=1S/CH5B3Cl3N3Si/c5-11(6,7)1-4-9-2-8-3-10-4/h8-10H,1H2. The van der Waals surface area contributed by atoms with E-state index in [1.807, 2.05) is 0 Å². The fourth-order valence-corrected chi connectivity index (χ4v) is 2.82. The van der Waals surface area contributed by atoms with Crippen LogP contribution in [-0.2, 0) is 0 Å². The van der Waals surface area contributed by atoms with Crippen LogP contribution in [0.4, 0.5) is 0 Å². The van der Waals surface area contributed by atoms with Crippen LogP contribution in [-0.4, -0.2) is 28.1 Å². The first kappa shape index (κ1) is 10.2. The molecule has 11 heavy (non-hydrogen) atoms. The largest absolute Gasteiger partial charge is 0.379 e. The van der Waals surface area contributed by atoms with Gasteiger partial charge in [-0.3, -0.25) is 0 Å². The van der Waals surface area contributed by atoms with Gasteiger partial charge in [0, 0.05) is 0 Å². The Balaban J connectivity index is 2.24. The van der Waals surface area contributed by atoms with Gasteiger partial charge in [0.05, 0.1) is 0 Å². The minimum atomic E-state index is -2.52. The predicted octanol–water partition coefficient (Wildman–Crippen LogP) is -0.480. The first-order valence-electron chi connectivity index (χ1n) is 3.06. The van der Waals surface area contributed by atoms with Crippen molar-refractivity contribution in [3.63, 3.8) is 0 Å². The molecule has 2 radical (unpaired) electrons. The lowest BCUT2D eigenvalue weighted by Gasteiger charge is -2.22. The minimum absolute atomic E-state index is 0.0374. The van der Waals surface area contributed by atoms with E-state index in [1.54, 1.807) is 15.1 Å². The summed E-state index contributed by atoms with van der Waals surface area (Å²) >= 11 is 17.1. The van der Waals surface area contributed by atoms with Crippen LogP contribution in [0.2, 0.25) is 5.94 Å². The molecule has 0 aromatic heterocycles. The van der Waals surface area contributed by atoms with E-state index >= 15 is 0 Å². The monoisotopic (exact) mass is 225 g/mol. The Bertz CT molecular complexity index is 125. The molecule has 0 aliphatic carbocycles. The highest BCUT2D eigenvalue weighted by Gasteiger charge is 2.33. The Labute approximate surface area is 82.7 Å². The maximum atomic E-state index is 5.71. The van der Waals surface area contributed by atoms with Gasteiger partial charge in [0.25, 0.3) is 22.1 Å². The summed E-state index contributed by atoms with van der Waals surface area (Å²) in [6.07, 6.45) is 0. The highest BCUT2D eigenvalue weighted by Crippen LogP contribution is 2.24. The normalized spacial score (nSPS) is 19.0. The zero-order valence-corrected chi connectivity index (χ0v) is 8.84. The Hall–Kier alpha value is 1.16. The van der Waals surface area contributed by atoms with Crippen molar-refractivity contribution in [2.45, 2.75) is 5.94 Å². The SMILES string of the molecule is Cl[Si](Cl)(Cl)CB1N[B]N[B]N1. The molecule has 0 saturated carbocycles. The maximum absolute atomic E-state index is 5.71. The van der Waals surface area contributed by atoms with Crippen LogP contribution < -0.4 is 15.4 Å². The van der Waals surface area contributed by atoms with Gasteiger partial charge >= 0.3 is 6.00 Å². The van der Waals surface area contributed by atoms with Crippen molar-refractivity contribution in [2.24, 2.45) is 0 Å². The summed E-state index contributed by atoms with van der Waals surface area (Å²) in [5.41, 5.74) is 0. The topological polar surface area (TPSA) is 36.1 Å². The molecule has 0 spiro atoms. The summed E-state index contributed by atoms with van der Waals surface area (Å²) < 4.78 is 0. The number of halogens is 3. The van der Waals surface area contributed by atoms with E-state index in [0.717, 1.165) is 0 Å². The average Bonchev–Trinajstić information content (AvgIpc) is 1.85. The second-order valence-electron chi connectivity index (χ2n) is 2.16. The maximum Gasteiger partial charge on any atom is 0.337 e. The van der Waals surface area contributed by atoms with Crippen molar-refractivity contribution in [1.29, 1.82) is 0 Å². The van der Waals surface area contributed by atoms with Gasteiger partial charge in [-0.25, -0.2) is 0 Å². The third kappa shape index (κ3) is 4.67. The molecule has 0 bridgehead atoms. The Morgan fingerprint density at radius 2 is 1.73 bits per heavy atom. The summed E-state index contributed by atoms with van der Waals surface area (Å²) in [6.45, 7) is 0.0374. The fraction of sp³-hybridized carbons (Fsp3) is 1.00. The second-order valence-corrected chi connectivity index (χ2v) is 11.3. The number of nitrogens with one attached hydrogen (secondary N) is 3. The minimum Gasteiger partial charge on any atom is -0.379 e. The van der Waals surface area contributed by atoms with E-state index in [-0.39, 0.29) is 6.98 Å². The van der Waals surface area contributed by atoms with Crippen molar-refractivity contribution in [1.82, 2.24) is 15.4 Å². The molecule has 0 atom stereocenters. The molecular weight excluding hydrogens is 221 g/mol. The zero-order chi connectivity index (χ0) is 8.32. The lowest BCUT2D eigenvalue weighted by Crippen LogP contribution is -2.64. The summed E-state index contributed by atoms with van der Waals surface area (Å²) in [4.78, 5) is 0. The molecule has 1 rings (SSSR count). The second kappa shape index (κ2) is 4.41. The summed E-state index contributed by atoms with van der Waals surface area (Å²) in [5, 5.41) is 8.77. The van der Waals surface area contributed by atoms with Gasteiger partial charge in [-0.2, -0.15) is 0 Å². The lowest BCUT2D eigenvalue weighted by molar-refractivity contribution is 1.22. The highest BCUT2D eigenvalue weighted by molar-refractivity contribution is 7.66. The lowest BCUT2D eigenvalue weighted by atomic mass is 9.67. The van der Waals surface area contributed by atoms with Crippen molar-refractivity contribution in [3.8, 4) is 0 Å². The fourth-order valence-electron chi connectivity index (χ4n) is 0.736. The Kier molecular flexibility index (Phi) is 4.11. The highest BCUT2D eigenvalue weighted by atomic mass is 35.8. The first-order valence-corrected chi connectivity index (χ1v) is 8.30. The number of rotatable bonds is 2. The van der Waals surface area contributed by atoms with Gasteiger partial charge in [0.15, 0.2) is 0 Å². The van der Waals surface area contributed by atoms with Gasteiger partial charge in [0.2, 0.25) is 0 Å². The molecule has 58 valence electrons. The van der Waals surface area contributed by atoms with Crippen LogP contribution in [0.15, 0.2) is 0 Å². The zero-order valence-electron chi connectivity index (χ0n) is 5.57. The van der Waals surface area contributed by atoms with Crippen LogP contribution in [0.3, 0.4) is 0 Å².